The predicted molar refractivity (Wildman–Crippen MR) is 41.6 cm³/mol. The fraction of sp³-hybridized carbons (Fsp3) is 1.00. The van der Waals surface area contributed by atoms with Crippen LogP contribution in [0.3, 0.4) is 0 Å². The second-order valence-electron chi connectivity index (χ2n) is 2.22. The standard InChI is InChI=1S/C4H11NO3S.ClH/c1-4(2)3-5-9(6,7)8;/h4-5H,3H2,1-2H3,(H,6,7,8);1H. The average molecular weight is 190 g/mol. The summed E-state index contributed by atoms with van der Waals surface area (Å²) in [5.41, 5.74) is 0. The maximum Gasteiger partial charge on any atom is 0.333 e. The Balaban J connectivity index is 0. The first-order chi connectivity index (χ1) is 3.92. The third-order valence-electron chi connectivity index (χ3n) is 0.674. The Morgan fingerprint density at radius 2 is 1.90 bits per heavy atom. The minimum absolute atomic E-state index is 0. The number of halogens is 1. The monoisotopic (exact) mass is 189 g/mol. The first-order valence-electron chi connectivity index (χ1n) is 2.64. The molecule has 0 aliphatic heterocycles. The highest BCUT2D eigenvalue weighted by molar-refractivity contribution is 7.83. The Hall–Kier alpha value is 0.160. The van der Waals surface area contributed by atoms with Crippen LogP contribution in [0.25, 0.3) is 0 Å². The van der Waals surface area contributed by atoms with E-state index in [4.69, 9.17) is 4.55 Å². The number of nitrogens with one attached hydrogen (secondary N) is 1. The third kappa shape index (κ3) is 11.0. The van der Waals surface area contributed by atoms with Gasteiger partial charge in [-0.15, -0.1) is 12.4 Å². The molecule has 0 aliphatic carbocycles. The maximum atomic E-state index is 9.98. The molecule has 0 aromatic carbocycles. The highest BCUT2D eigenvalue weighted by atomic mass is 35.5. The van der Waals surface area contributed by atoms with Crippen LogP contribution in [0.4, 0.5) is 0 Å². The van der Waals surface area contributed by atoms with Crippen molar-refractivity contribution in [3.63, 3.8) is 0 Å². The van der Waals surface area contributed by atoms with E-state index in [2.05, 4.69) is 0 Å². The quantitative estimate of drug-likeness (QED) is 0.634. The van der Waals surface area contributed by atoms with Crippen LogP contribution in [0.15, 0.2) is 0 Å². The molecule has 2 N–H and O–H groups in total. The lowest BCUT2D eigenvalue weighted by molar-refractivity contribution is 0.459. The molecule has 0 aromatic heterocycles. The molecule has 6 heteroatoms. The van der Waals surface area contributed by atoms with Gasteiger partial charge in [-0.3, -0.25) is 4.55 Å². The minimum atomic E-state index is -3.97. The Kier molecular flexibility index (Phi) is 6.27. The van der Waals surface area contributed by atoms with Crippen LogP contribution >= 0.6 is 12.4 Å². The van der Waals surface area contributed by atoms with E-state index < -0.39 is 10.3 Å². The second-order valence-corrected chi connectivity index (χ2v) is 3.46. The van der Waals surface area contributed by atoms with Gasteiger partial charge in [0, 0.05) is 6.54 Å². The van der Waals surface area contributed by atoms with Crippen LogP contribution in [0.2, 0.25) is 0 Å². The molecule has 0 heterocycles. The van der Waals surface area contributed by atoms with Crippen molar-refractivity contribution >= 4 is 22.7 Å². The van der Waals surface area contributed by atoms with Gasteiger partial charge in [-0.1, -0.05) is 13.8 Å². The van der Waals surface area contributed by atoms with Crippen molar-refractivity contribution in [2.45, 2.75) is 13.8 Å². The van der Waals surface area contributed by atoms with Crippen LogP contribution in [-0.2, 0) is 10.3 Å². The molecule has 0 spiro atoms. The molecule has 4 nitrogen and oxygen atoms in total. The van der Waals surface area contributed by atoms with Gasteiger partial charge < -0.3 is 0 Å². The summed E-state index contributed by atoms with van der Waals surface area (Å²) in [6.45, 7) is 3.97. The molecular formula is C4H12ClNO3S. The van der Waals surface area contributed by atoms with E-state index in [1.165, 1.54) is 0 Å². The van der Waals surface area contributed by atoms with Crippen LogP contribution < -0.4 is 4.72 Å². The Bertz CT molecular complexity index is 165. The van der Waals surface area contributed by atoms with E-state index in [9.17, 15) is 8.42 Å². The van der Waals surface area contributed by atoms with Gasteiger partial charge >= 0.3 is 10.3 Å². The molecule has 64 valence electrons. The lowest BCUT2D eigenvalue weighted by Crippen LogP contribution is -2.26. The molecule has 0 saturated carbocycles. The molecule has 0 rings (SSSR count). The smallest absolute Gasteiger partial charge is 0.273 e. The highest BCUT2D eigenvalue weighted by Gasteiger charge is 2.02. The van der Waals surface area contributed by atoms with Crippen LogP contribution in [0.1, 0.15) is 13.8 Å². The number of rotatable bonds is 3. The van der Waals surface area contributed by atoms with Gasteiger partial charge in [0.1, 0.15) is 0 Å². The summed E-state index contributed by atoms with van der Waals surface area (Å²) in [6.07, 6.45) is 0. The SMILES string of the molecule is CC(C)CNS(=O)(=O)O.Cl. The minimum Gasteiger partial charge on any atom is -0.273 e. The van der Waals surface area contributed by atoms with Gasteiger partial charge in [-0.2, -0.15) is 13.1 Å². The lowest BCUT2D eigenvalue weighted by atomic mass is 10.2. The van der Waals surface area contributed by atoms with Gasteiger partial charge in [-0.05, 0) is 5.92 Å². The zero-order valence-electron chi connectivity index (χ0n) is 5.86. The van der Waals surface area contributed by atoms with Crippen LogP contribution in [0, 0.1) is 5.92 Å². The highest BCUT2D eigenvalue weighted by Crippen LogP contribution is 1.87. The molecule has 0 aromatic rings. The van der Waals surface area contributed by atoms with Gasteiger partial charge in [0.25, 0.3) is 0 Å². The fourth-order valence-electron chi connectivity index (χ4n) is 0.272. The van der Waals surface area contributed by atoms with Crippen molar-refractivity contribution < 1.29 is 13.0 Å². The molecule has 0 fully saturated rings. The summed E-state index contributed by atoms with van der Waals surface area (Å²) in [6, 6.07) is 0. The van der Waals surface area contributed by atoms with Crippen LogP contribution in [0.5, 0.6) is 0 Å². The van der Waals surface area contributed by atoms with E-state index in [0.717, 1.165) is 0 Å². The molecule has 0 radical (unpaired) electrons. The maximum absolute atomic E-state index is 9.98. The number of hydrogen-bond donors (Lipinski definition) is 2. The fourth-order valence-corrected chi connectivity index (χ4v) is 0.816. The summed E-state index contributed by atoms with van der Waals surface area (Å²) in [5, 5.41) is 0. The predicted octanol–water partition coefficient (Wildman–Crippen LogP) is 0.457. The number of hydrogen-bond acceptors (Lipinski definition) is 2. The normalized spacial score (nSPS) is 11.2. The first-order valence-corrected chi connectivity index (χ1v) is 4.08. The van der Waals surface area contributed by atoms with Gasteiger partial charge in [0.05, 0.1) is 0 Å². The molecule has 0 unspecified atom stereocenters. The zero-order valence-corrected chi connectivity index (χ0v) is 7.50. The lowest BCUT2D eigenvalue weighted by Gasteiger charge is -2.02. The third-order valence-corrected chi connectivity index (χ3v) is 1.21. The molecule has 0 saturated heterocycles. The summed E-state index contributed by atoms with van der Waals surface area (Å²) < 4.78 is 30.0. The Labute approximate surface area is 67.3 Å². The van der Waals surface area contributed by atoms with Crippen molar-refractivity contribution in [1.29, 1.82) is 0 Å². The first kappa shape index (κ1) is 12.8. The summed E-state index contributed by atoms with van der Waals surface area (Å²) in [5.74, 6) is 0.215. The Morgan fingerprint density at radius 1 is 1.50 bits per heavy atom. The van der Waals surface area contributed by atoms with Crippen LogP contribution in [-0.4, -0.2) is 19.5 Å². The summed E-state index contributed by atoms with van der Waals surface area (Å²) >= 11 is 0. The van der Waals surface area contributed by atoms with E-state index in [0.29, 0.717) is 0 Å². The summed E-state index contributed by atoms with van der Waals surface area (Å²) in [7, 11) is -3.97. The van der Waals surface area contributed by atoms with E-state index in [-0.39, 0.29) is 24.9 Å². The van der Waals surface area contributed by atoms with Crippen molar-refractivity contribution in [3.05, 3.63) is 0 Å². The van der Waals surface area contributed by atoms with E-state index >= 15 is 0 Å². The van der Waals surface area contributed by atoms with E-state index in [1.807, 2.05) is 18.6 Å². The van der Waals surface area contributed by atoms with Crippen molar-refractivity contribution in [3.8, 4) is 0 Å². The molecule has 0 aliphatic rings. The van der Waals surface area contributed by atoms with Crippen molar-refractivity contribution in [2.75, 3.05) is 6.54 Å². The summed E-state index contributed by atoms with van der Waals surface area (Å²) in [4.78, 5) is 0. The largest absolute Gasteiger partial charge is 0.333 e. The average Bonchev–Trinajstić information content (AvgIpc) is 1.59. The molecule has 0 atom stereocenters. The van der Waals surface area contributed by atoms with Gasteiger partial charge in [0.2, 0.25) is 0 Å². The zero-order chi connectivity index (χ0) is 7.49. The van der Waals surface area contributed by atoms with E-state index in [1.54, 1.807) is 0 Å². The molecule has 10 heavy (non-hydrogen) atoms. The Morgan fingerprint density at radius 3 is 2.00 bits per heavy atom. The van der Waals surface area contributed by atoms with Crippen molar-refractivity contribution in [2.24, 2.45) is 5.92 Å². The van der Waals surface area contributed by atoms with Gasteiger partial charge in [-0.25, -0.2) is 0 Å². The molecular weight excluding hydrogens is 178 g/mol. The molecule has 0 amide bonds. The topological polar surface area (TPSA) is 66.4 Å². The second kappa shape index (κ2) is 4.90. The van der Waals surface area contributed by atoms with Crippen molar-refractivity contribution in [1.82, 2.24) is 4.72 Å². The van der Waals surface area contributed by atoms with Gasteiger partial charge in [0.15, 0.2) is 0 Å². The molecule has 0 bridgehead atoms.